The molecule has 4 aromatic heterocycles. The van der Waals surface area contributed by atoms with E-state index in [0.717, 1.165) is 29.0 Å². The molecule has 0 aromatic carbocycles. The number of aryl methyl sites for hydroxylation is 2. The molecule has 0 saturated carbocycles. The normalized spacial score (nSPS) is 14.5. The molecular formula is C19H17ClF3N7O. The highest BCUT2D eigenvalue weighted by Gasteiger charge is 2.34. The van der Waals surface area contributed by atoms with E-state index < -0.39 is 11.9 Å². The van der Waals surface area contributed by atoms with Crippen LogP contribution >= 0.6 is 12.4 Å². The topological polar surface area (TPSA) is 92.9 Å². The first-order valence-corrected chi connectivity index (χ1v) is 9.22. The second-order valence-electron chi connectivity index (χ2n) is 7.27. The predicted octanol–water partition coefficient (Wildman–Crippen LogP) is 3.92. The van der Waals surface area contributed by atoms with E-state index in [1.807, 2.05) is 24.8 Å². The average Bonchev–Trinajstić information content (AvgIpc) is 3.03. The molecule has 1 aliphatic heterocycles. The van der Waals surface area contributed by atoms with Crippen LogP contribution in [0.1, 0.15) is 17.0 Å². The van der Waals surface area contributed by atoms with Crippen molar-refractivity contribution in [2.24, 2.45) is 0 Å². The minimum atomic E-state index is -4.50. The first kappa shape index (κ1) is 21.0. The summed E-state index contributed by atoms with van der Waals surface area (Å²) in [5.74, 6) is 0.950. The summed E-state index contributed by atoms with van der Waals surface area (Å²) in [6.07, 6.45) is -1.15. The fraction of sp³-hybridized carbons (Fsp3) is 0.316. The van der Waals surface area contributed by atoms with Gasteiger partial charge in [0.25, 0.3) is 0 Å². The van der Waals surface area contributed by atoms with Crippen molar-refractivity contribution in [3.8, 4) is 0 Å². The van der Waals surface area contributed by atoms with Crippen LogP contribution < -0.4 is 10.2 Å². The number of hydrogen-bond acceptors (Lipinski definition) is 8. The van der Waals surface area contributed by atoms with Crippen LogP contribution in [0.2, 0.25) is 0 Å². The second kappa shape index (κ2) is 7.49. The van der Waals surface area contributed by atoms with Gasteiger partial charge in [-0.25, -0.2) is 24.9 Å². The summed E-state index contributed by atoms with van der Waals surface area (Å²) in [5, 5.41) is 4.17. The zero-order chi connectivity index (χ0) is 21.0. The smallest absolute Gasteiger partial charge is 0.432 e. The van der Waals surface area contributed by atoms with Crippen molar-refractivity contribution >= 4 is 46.2 Å². The van der Waals surface area contributed by atoms with Crippen LogP contribution in [0, 0.1) is 13.8 Å². The fourth-order valence-electron chi connectivity index (χ4n) is 3.59. The van der Waals surface area contributed by atoms with Gasteiger partial charge in [0.1, 0.15) is 17.7 Å². The highest BCUT2D eigenvalue weighted by Crippen LogP contribution is 2.33. The van der Waals surface area contributed by atoms with E-state index >= 15 is 0 Å². The van der Waals surface area contributed by atoms with Gasteiger partial charge in [-0.05, 0) is 25.5 Å². The van der Waals surface area contributed by atoms with Crippen molar-refractivity contribution in [3.63, 3.8) is 0 Å². The summed E-state index contributed by atoms with van der Waals surface area (Å²) in [5.41, 5.74) is 2.61. The Labute approximate surface area is 180 Å². The first-order valence-electron chi connectivity index (χ1n) is 9.22. The van der Waals surface area contributed by atoms with Crippen LogP contribution in [0.5, 0.6) is 0 Å². The largest absolute Gasteiger partial charge is 0.434 e. The van der Waals surface area contributed by atoms with E-state index in [4.69, 9.17) is 4.42 Å². The van der Waals surface area contributed by atoms with E-state index in [1.54, 1.807) is 0 Å². The summed E-state index contributed by atoms with van der Waals surface area (Å²) < 4.78 is 43.8. The van der Waals surface area contributed by atoms with Gasteiger partial charge in [-0.3, -0.25) is 0 Å². The molecule has 0 atom stereocenters. The Balaban J connectivity index is 0.00000231. The molecule has 0 aliphatic carbocycles. The van der Waals surface area contributed by atoms with Crippen molar-refractivity contribution in [2.75, 3.05) is 23.3 Å². The van der Waals surface area contributed by atoms with Crippen LogP contribution in [0.15, 0.2) is 29.2 Å². The SMILES string of the molecule is Cc1cc(C)c2c(n1)oc1c(NC3CN(c4cnc(C(F)(F)F)cn4)C3)ncnc12.Cl. The van der Waals surface area contributed by atoms with Gasteiger partial charge in [0.15, 0.2) is 17.1 Å². The van der Waals surface area contributed by atoms with Crippen molar-refractivity contribution in [2.45, 2.75) is 26.1 Å². The Hall–Kier alpha value is -3.21. The van der Waals surface area contributed by atoms with Crippen molar-refractivity contribution in [1.82, 2.24) is 24.9 Å². The van der Waals surface area contributed by atoms with Crippen LogP contribution in [0.25, 0.3) is 22.2 Å². The molecule has 1 aliphatic rings. The minimum Gasteiger partial charge on any atom is -0.432 e. The summed E-state index contributed by atoms with van der Waals surface area (Å²) in [7, 11) is 0. The van der Waals surface area contributed by atoms with Gasteiger partial charge in [0.05, 0.1) is 23.8 Å². The lowest BCUT2D eigenvalue weighted by molar-refractivity contribution is -0.141. The summed E-state index contributed by atoms with van der Waals surface area (Å²) >= 11 is 0. The van der Waals surface area contributed by atoms with E-state index in [9.17, 15) is 13.2 Å². The Bertz CT molecular complexity index is 1250. The first-order chi connectivity index (χ1) is 14.3. The van der Waals surface area contributed by atoms with E-state index in [-0.39, 0.29) is 18.4 Å². The van der Waals surface area contributed by atoms with Gasteiger partial charge < -0.3 is 14.6 Å². The lowest BCUT2D eigenvalue weighted by Crippen LogP contribution is -2.55. The van der Waals surface area contributed by atoms with Gasteiger partial charge >= 0.3 is 6.18 Å². The Morgan fingerprint density at radius 1 is 1.10 bits per heavy atom. The number of furan rings is 1. The summed E-state index contributed by atoms with van der Waals surface area (Å²) in [6.45, 7) is 4.97. The van der Waals surface area contributed by atoms with Crippen LogP contribution in [-0.4, -0.2) is 44.1 Å². The maximum atomic E-state index is 12.6. The van der Waals surface area contributed by atoms with E-state index in [0.29, 0.717) is 41.5 Å². The van der Waals surface area contributed by atoms with Crippen LogP contribution in [-0.2, 0) is 6.18 Å². The van der Waals surface area contributed by atoms with E-state index in [1.165, 1.54) is 6.33 Å². The second-order valence-corrected chi connectivity index (χ2v) is 7.27. The number of nitrogens with one attached hydrogen (secondary N) is 1. The number of alkyl halides is 3. The lowest BCUT2D eigenvalue weighted by Gasteiger charge is -2.40. The molecule has 0 radical (unpaired) electrons. The molecule has 5 heterocycles. The number of halogens is 4. The third-order valence-electron chi connectivity index (χ3n) is 5.03. The summed E-state index contributed by atoms with van der Waals surface area (Å²) in [6, 6.07) is 2.00. The quantitative estimate of drug-likeness (QED) is 0.501. The number of anilines is 2. The Morgan fingerprint density at radius 3 is 2.55 bits per heavy atom. The molecule has 31 heavy (non-hydrogen) atoms. The van der Waals surface area contributed by atoms with Gasteiger partial charge in [0, 0.05) is 18.8 Å². The number of fused-ring (bicyclic) bond motifs is 3. The lowest BCUT2D eigenvalue weighted by atomic mass is 10.1. The fourth-order valence-corrected chi connectivity index (χ4v) is 3.59. The zero-order valence-corrected chi connectivity index (χ0v) is 17.3. The van der Waals surface area contributed by atoms with Crippen molar-refractivity contribution < 1.29 is 17.6 Å². The number of pyridine rings is 1. The molecule has 0 amide bonds. The molecule has 8 nitrogen and oxygen atoms in total. The number of hydrogen-bond donors (Lipinski definition) is 1. The molecule has 1 fully saturated rings. The molecular weight excluding hydrogens is 435 g/mol. The molecule has 12 heteroatoms. The Kier molecular flexibility index (Phi) is 5.08. The summed E-state index contributed by atoms with van der Waals surface area (Å²) in [4.78, 5) is 22.2. The van der Waals surface area contributed by atoms with Gasteiger partial charge in [-0.2, -0.15) is 13.2 Å². The monoisotopic (exact) mass is 451 g/mol. The van der Waals surface area contributed by atoms with Gasteiger partial charge in [-0.1, -0.05) is 0 Å². The maximum Gasteiger partial charge on any atom is 0.434 e. The highest BCUT2D eigenvalue weighted by molar-refractivity contribution is 6.06. The molecule has 0 bridgehead atoms. The van der Waals surface area contributed by atoms with Crippen molar-refractivity contribution in [1.29, 1.82) is 0 Å². The van der Waals surface area contributed by atoms with E-state index in [2.05, 4.69) is 30.2 Å². The average molecular weight is 452 g/mol. The molecule has 162 valence electrons. The highest BCUT2D eigenvalue weighted by atomic mass is 35.5. The molecule has 0 unspecified atom stereocenters. The third kappa shape index (κ3) is 3.69. The zero-order valence-electron chi connectivity index (χ0n) is 16.4. The Morgan fingerprint density at radius 2 is 1.87 bits per heavy atom. The molecule has 1 N–H and O–H groups in total. The van der Waals surface area contributed by atoms with Crippen LogP contribution in [0.4, 0.5) is 24.8 Å². The number of aromatic nitrogens is 5. The van der Waals surface area contributed by atoms with Crippen molar-refractivity contribution in [3.05, 3.63) is 41.7 Å². The molecule has 5 rings (SSSR count). The number of nitrogens with zero attached hydrogens (tertiary/aromatic N) is 6. The predicted molar refractivity (Wildman–Crippen MR) is 110 cm³/mol. The number of rotatable bonds is 3. The standard InChI is InChI=1S/C19H16F3N7O.ClH/c1-9-3-10(2)27-18-14(9)15-16(30-18)17(26-8-25-15)28-11-6-29(7-11)13-5-23-12(4-24-13)19(20,21)22;/h3-5,8,11H,6-7H2,1-2H3,(H,25,26,28);1H. The minimum absolute atomic E-state index is 0. The molecule has 1 saturated heterocycles. The third-order valence-corrected chi connectivity index (χ3v) is 5.03. The molecule has 4 aromatic rings. The van der Waals surface area contributed by atoms with Gasteiger partial charge in [-0.15, -0.1) is 12.4 Å². The molecule has 0 spiro atoms. The van der Waals surface area contributed by atoms with Gasteiger partial charge in [0.2, 0.25) is 5.71 Å². The maximum absolute atomic E-state index is 12.6. The van der Waals surface area contributed by atoms with Crippen LogP contribution in [0.3, 0.4) is 0 Å².